The van der Waals surface area contributed by atoms with Crippen molar-refractivity contribution in [3.05, 3.63) is 89.5 Å². The first-order valence-electron chi connectivity index (χ1n) is 9.62. The molecule has 0 aromatic heterocycles. The van der Waals surface area contributed by atoms with Gasteiger partial charge in [0.05, 0.1) is 12.5 Å². The Hall–Kier alpha value is -3.40. The molecule has 1 atom stereocenters. The van der Waals surface area contributed by atoms with Crippen LogP contribution in [0.5, 0.6) is 0 Å². The van der Waals surface area contributed by atoms with E-state index in [0.29, 0.717) is 12.1 Å². The predicted molar refractivity (Wildman–Crippen MR) is 116 cm³/mol. The SMILES string of the molecule is CC(=O)N(Cc1cccc(-c2ccc(C)cc2)c1)c1ccc(C(C)C(=O)O)cc1. The smallest absolute Gasteiger partial charge is 0.310 e. The van der Waals surface area contributed by atoms with Crippen LogP contribution < -0.4 is 4.90 Å². The Morgan fingerprint density at radius 2 is 1.59 bits per heavy atom. The number of carbonyl (C=O) groups is 2. The maximum atomic E-state index is 12.3. The summed E-state index contributed by atoms with van der Waals surface area (Å²) in [5, 5.41) is 9.17. The van der Waals surface area contributed by atoms with Crippen molar-refractivity contribution in [2.75, 3.05) is 4.90 Å². The van der Waals surface area contributed by atoms with Crippen molar-refractivity contribution < 1.29 is 14.7 Å². The molecule has 0 aliphatic rings. The minimum absolute atomic E-state index is 0.0650. The first-order valence-corrected chi connectivity index (χ1v) is 9.62. The van der Waals surface area contributed by atoms with E-state index in [4.69, 9.17) is 5.11 Å². The summed E-state index contributed by atoms with van der Waals surface area (Å²) in [5.41, 5.74) is 5.95. The van der Waals surface area contributed by atoms with Crippen molar-refractivity contribution in [2.24, 2.45) is 0 Å². The second kappa shape index (κ2) is 8.74. The second-order valence-electron chi connectivity index (χ2n) is 7.32. The average Bonchev–Trinajstić information content (AvgIpc) is 2.72. The van der Waals surface area contributed by atoms with Gasteiger partial charge < -0.3 is 10.0 Å². The Balaban J connectivity index is 1.84. The summed E-state index contributed by atoms with van der Waals surface area (Å²) < 4.78 is 0. The van der Waals surface area contributed by atoms with Crippen LogP contribution >= 0.6 is 0 Å². The van der Waals surface area contributed by atoms with Gasteiger partial charge in [0.2, 0.25) is 5.91 Å². The summed E-state index contributed by atoms with van der Waals surface area (Å²) in [6.45, 7) is 5.70. The number of aliphatic carboxylic acids is 1. The lowest BCUT2D eigenvalue weighted by Crippen LogP contribution is -2.27. The molecule has 0 saturated carbocycles. The van der Waals surface area contributed by atoms with Gasteiger partial charge in [0.15, 0.2) is 0 Å². The molecule has 0 aliphatic heterocycles. The summed E-state index contributed by atoms with van der Waals surface area (Å²) in [6.07, 6.45) is 0. The predicted octanol–water partition coefficient (Wildman–Crippen LogP) is 5.40. The van der Waals surface area contributed by atoms with Crippen LogP contribution in [0, 0.1) is 6.92 Å². The molecule has 0 spiro atoms. The summed E-state index contributed by atoms with van der Waals surface area (Å²) in [7, 11) is 0. The van der Waals surface area contributed by atoms with E-state index < -0.39 is 11.9 Å². The fourth-order valence-corrected chi connectivity index (χ4v) is 3.25. The minimum Gasteiger partial charge on any atom is -0.481 e. The molecule has 0 saturated heterocycles. The fraction of sp³-hybridized carbons (Fsp3) is 0.200. The number of rotatable bonds is 6. The number of nitrogens with zero attached hydrogens (tertiary/aromatic N) is 1. The molecule has 0 bridgehead atoms. The number of benzene rings is 3. The second-order valence-corrected chi connectivity index (χ2v) is 7.32. The van der Waals surface area contributed by atoms with Crippen molar-refractivity contribution in [1.29, 1.82) is 0 Å². The third kappa shape index (κ3) is 4.91. The maximum Gasteiger partial charge on any atom is 0.310 e. The van der Waals surface area contributed by atoms with Gasteiger partial charge in [-0.25, -0.2) is 0 Å². The normalized spacial score (nSPS) is 11.7. The van der Waals surface area contributed by atoms with Crippen LogP contribution in [0.2, 0.25) is 0 Å². The first-order chi connectivity index (χ1) is 13.8. The molecule has 1 unspecified atom stereocenters. The van der Waals surface area contributed by atoms with E-state index >= 15 is 0 Å². The molecule has 3 aromatic rings. The minimum atomic E-state index is -0.867. The number of hydrogen-bond acceptors (Lipinski definition) is 2. The zero-order valence-corrected chi connectivity index (χ0v) is 16.9. The van der Waals surface area contributed by atoms with E-state index in [0.717, 1.165) is 22.4 Å². The molecule has 4 nitrogen and oxygen atoms in total. The number of carboxylic acid groups (broad SMARTS) is 1. The Kier molecular flexibility index (Phi) is 6.13. The average molecular weight is 387 g/mol. The molecule has 3 aromatic carbocycles. The van der Waals surface area contributed by atoms with Gasteiger partial charge in [0.1, 0.15) is 0 Å². The van der Waals surface area contributed by atoms with Crippen molar-refractivity contribution in [3.63, 3.8) is 0 Å². The Bertz CT molecular complexity index is 1010. The van der Waals surface area contributed by atoms with Crippen molar-refractivity contribution >= 4 is 17.6 Å². The van der Waals surface area contributed by atoms with Gasteiger partial charge in [-0.15, -0.1) is 0 Å². The van der Waals surface area contributed by atoms with Gasteiger partial charge in [0, 0.05) is 12.6 Å². The largest absolute Gasteiger partial charge is 0.481 e. The van der Waals surface area contributed by atoms with Crippen LogP contribution in [0.1, 0.15) is 36.5 Å². The monoisotopic (exact) mass is 387 g/mol. The van der Waals surface area contributed by atoms with Gasteiger partial charge in [-0.3, -0.25) is 9.59 Å². The quantitative estimate of drug-likeness (QED) is 0.616. The van der Waals surface area contributed by atoms with Crippen LogP contribution in [-0.2, 0) is 16.1 Å². The van der Waals surface area contributed by atoms with Gasteiger partial charge in [-0.1, -0.05) is 60.2 Å². The highest BCUT2D eigenvalue weighted by Gasteiger charge is 2.16. The molecular weight excluding hydrogens is 362 g/mol. The number of anilines is 1. The van der Waals surface area contributed by atoms with E-state index in [1.54, 1.807) is 36.1 Å². The van der Waals surface area contributed by atoms with Crippen LogP contribution in [0.4, 0.5) is 5.69 Å². The van der Waals surface area contributed by atoms with Gasteiger partial charge in [-0.2, -0.15) is 0 Å². The lowest BCUT2D eigenvalue weighted by Gasteiger charge is -2.22. The summed E-state index contributed by atoms with van der Waals surface area (Å²) in [5.74, 6) is -1.51. The highest BCUT2D eigenvalue weighted by molar-refractivity contribution is 5.91. The maximum absolute atomic E-state index is 12.3. The fourth-order valence-electron chi connectivity index (χ4n) is 3.25. The molecule has 0 fully saturated rings. The molecule has 0 heterocycles. The van der Waals surface area contributed by atoms with E-state index in [9.17, 15) is 9.59 Å². The van der Waals surface area contributed by atoms with E-state index in [-0.39, 0.29) is 5.91 Å². The number of hydrogen-bond donors (Lipinski definition) is 1. The standard InChI is InChI=1S/C25H25NO3/c1-17-7-9-22(10-8-17)23-6-4-5-20(15-23)16-26(19(3)27)24-13-11-21(12-14-24)18(2)25(28)29/h4-15,18H,16H2,1-3H3,(H,28,29). The molecule has 1 amide bonds. The van der Waals surface area contributed by atoms with Gasteiger partial charge in [-0.05, 0) is 54.3 Å². The zero-order chi connectivity index (χ0) is 21.0. The molecule has 148 valence electrons. The van der Waals surface area contributed by atoms with Gasteiger partial charge in [0.25, 0.3) is 0 Å². The Morgan fingerprint density at radius 3 is 2.17 bits per heavy atom. The number of amides is 1. The Labute approximate surface area is 171 Å². The lowest BCUT2D eigenvalue weighted by atomic mass is 10.0. The number of carbonyl (C=O) groups excluding carboxylic acids is 1. The molecule has 29 heavy (non-hydrogen) atoms. The van der Waals surface area contributed by atoms with Crippen molar-refractivity contribution in [1.82, 2.24) is 0 Å². The first kappa shape index (κ1) is 20.3. The summed E-state index contributed by atoms with van der Waals surface area (Å²) >= 11 is 0. The highest BCUT2D eigenvalue weighted by atomic mass is 16.4. The van der Waals surface area contributed by atoms with Crippen LogP contribution in [0.3, 0.4) is 0 Å². The van der Waals surface area contributed by atoms with Crippen molar-refractivity contribution in [3.8, 4) is 11.1 Å². The highest BCUT2D eigenvalue weighted by Crippen LogP contribution is 2.25. The Morgan fingerprint density at radius 1 is 0.931 bits per heavy atom. The van der Waals surface area contributed by atoms with Crippen LogP contribution in [-0.4, -0.2) is 17.0 Å². The molecule has 3 rings (SSSR count). The van der Waals surface area contributed by atoms with Crippen LogP contribution in [0.25, 0.3) is 11.1 Å². The lowest BCUT2D eigenvalue weighted by molar-refractivity contribution is -0.138. The van der Waals surface area contributed by atoms with Crippen molar-refractivity contribution in [2.45, 2.75) is 33.2 Å². The number of carboxylic acids is 1. The third-order valence-electron chi connectivity index (χ3n) is 5.11. The van der Waals surface area contributed by atoms with E-state index in [2.05, 4.69) is 43.3 Å². The third-order valence-corrected chi connectivity index (χ3v) is 5.11. The molecular formula is C25H25NO3. The summed E-state index contributed by atoms with van der Waals surface area (Å²) in [4.78, 5) is 25.2. The topological polar surface area (TPSA) is 57.6 Å². The van der Waals surface area contributed by atoms with E-state index in [1.165, 1.54) is 12.5 Å². The molecule has 0 aliphatic carbocycles. The van der Waals surface area contributed by atoms with Gasteiger partial charge >= 0.3 is 5.97 Å². The summed E-state index contributed by atoms with van der Waals surface area (Å²) in [6, 6.07) is 23.7. The molecule has 1 N–H and O–H groups in total. The molecule has 0 radical (unpaired) electrons. The van der Waals surface area contributed by atoms with Crippen LogP contribution in [0.15, 0.2) is 72.8 Å². The molecule has 4 heteroatoms. The number of aryl methyl sites for hydroxylation is 1. The zero-order valence-electron chi connectivity index (χ0n) is 16.9. The van der Waals surface area contributed by atoms with E-state index in [1.807, 2.05) is 12.1 Å².